The fourth-order valence-corrected chi connectivity index (χ4v) is 2.66. The Bertz CT molecular complexity index is 463. The number of hydrogen-bond donors (Lipinski definition) is 2. The molecule has 2 N–H and O–H groups in total. The Labute approximate surface area is 99.6 Å². The molecule has 1 aromatic heterocycles. The Morgan fingerprint density at radius 3 is 3.24 bits per heavy atom. The van der Waals surface area contributed by atoms with Crippen LogP contribution in [-0.4, -0.2) is 29.2 Å². The molecule has 1 atom stereocenters. The van der Waals surface area contributed by atoms with Crippen LogP contribution in [0, 0.1) is 0 Å². The van der Waals surface area contributed by atoms with Crippen molar-refractivity contribution >= 4 is 0 Å². The summed E-state index contributed by atoms with van der Waals surface area (Å²) in [5.74, 6) is 0. The Morgan fingerprint density at radius 1 is 1.47 bits per heavy atom. The van der Waals surface area contributed by atoms with Gasteiger partial charge in [-0.2, -0.15) is 4.98 Å². The van der Waals surface area contributed by atoms with Gasteiger partial charge in [0.25, 0.3) is 0 Å². The molecular weight excluding hydrogens is 218 g/mol. The largest absolute Gasteiger partial charge is 0.376 e. The van der Waals surface area contributed by atoms with E-state index < -0.39 is 0 Å². The van der Waals surface area contributed by atoms with Crippen LogP contribution in [0.25, 0.3) is 0 Å². The molecule has 1 aromatic rings. The molecule has 17 heavy (non-hydrogen) atoms. The molecular formula is C12H17N3O2. The maximum absolute atomic E-state index is 11.5. The van der Waals surface area contributed by atoms with E-state index in [1.807, 2.05) is 0 Å². The van der Waals surface area contributed by atoms with E-state index in [1.165, 1.54) is 12.8 Å². The lowest BCUT2D eigenvalue weighted by Gasteiger charge is -2.19. The summed E-state index contributed by atoms with van der Waals surface area (Å²) in [6.07, 6.45) is 4.02. The first-order valence-corrected chi connectivity index (χ1v) is 6.25. The number of rotatable bonds is 2. The van der Waals surface area contributed by atoms with Crippen LogP contribution in [0.2, 0.25) is 0 Å². The zero-order valence-corrected chi connectivity index (χ0v) is 9.79. The van der Waals surface area contributed by atoms with Crippen molar-refractivity contribution in [2.45, 2.75) is 38.3 Å². The van der Waals surface area contributed by atoms with Crippen molar-refractivity contribution in [1.29, 1.82) is 0 Å². The van der Waals surface area contributed by atoms with E-state index in [0.29, 0.717) is 19.3 Å². The van der Waals surface area contributed by atoms with Gasteiger partial charge in [-0.15, -0.1) is 0 Å². The summed E-state index contributed by atoms with van der Waals surface area (Å²) in [5, 5.41) is 3.44. The van der Waals surface area contributed by atoms with Gasteiger partial charge in [0, 0.05) is 30.1 Å². The highest BCUT2D eigenvalue weighted by Gasteiger charge is 2.21. The van der Waals surface area contributed by atoms with Crippen LogP contribution in [0.5, 0.6) is 0 Å². The van der Waals surface area contributed by atoms with Crippen LogP contribution in [0.15, 0.2) is 4.79 Å². The van der Waals surface area contributed by atoms with E-state index in [4.69, 9.17) is 4.74 Å². The van der Waals surface area contributed by atoms with Gasteiger partial charge in [0.05, 0.1) is 18.9 Å². The Morgan fingerprint density at radius 2 is 2.41 bits per heavy atom. The molecule has 5 nitrogen and oxygen atoms in total. The highest BCUT2D eigenvalue weighted by molar-refractivity contribution is 5.26. The molecule has 0 saturated carbocycles. The van der Waals surface area contributed by atoms with Crippen molar-refractivity contribution in [3.05, 3.63) is 27.4 Å². The quantitative estimate of drug-likeness (QED) is 0.765. The summed E-state index contributed by atoms with van der Waals surface area (Å²) in [6, 6.07) is 0.468. The molecule has 3 rings (SSSR count). The third-order valence-corrected chi connectivity index (χ3v) is 3.55. The summed E-state index contributed by atoms with van der Waals surface area (Å²) in [7, 11) is 0. The van der Waals surface area contributed by atoms with Crippen LogP contribution in [0.1, 0.15) is 29.8 Å². The Hall–Kier alpha value is -1.20. The summed E-state index contributed by atoms with van der Waals surface area (Å²) in [5.41, 5.74) is 2.82. The lowest BCUT2D eigenvalue weighted by atomic mass is 10.0. The Balaban J connectivity index is 1.91. The minimum Gasteiger partial charge on any atom is -0.376 e. The first-order valence-electron chi connectivity index (χ1n) is 6.25. The highest BCUT2D eigenvalue weighted by atomic mass is 16.5. The minimum atomic E-state index is -0.223. The average Bonchev–Trinajstić information content (AvgIpc) is 2.81. The monoisotopic (exact) mass is 235 g/mol. The lowest BCUT2D eigenvalue weighted by molar-refractivity contribution is 0.107. The second-order valence-electron chi connectivity index (χ2n) is 4.75. The van der Waals surface area contributed by atoms with E-state index in [1.54, 1.807) is 0 Å². The van der Waals surface area contributed by atoms with Crippen molar-refractivity contribution in [1.82, 2.24) is 15.3 Å². The Kier molecular flexibility index (Phi) is 2.94. The van der Waals surface area contributed by atoms with Crippen molar-refractivity contribution in [3.8, 4) is 0 Å². The SMILES string of the molecule is O=c1nc(CC2CCCN2)c2c([nH]1)CCOC2. The van der Waals surface area contributed by atoms with Gasteiger partial charge in [-0.1, -0.05) is 0 Å². The lowest BCUT2D eigenvalue weighted by Crippen LogP contribution is -2.29. The number of nitrogens with one attached hydrogen (secondary N) is 2. The standard InChI is InChI=1S/C12H17N3O2/c16-12-14-10-3-5-17-7-9(10)11(15-12)6-8-2-1-4-13-8/h8,13H,1-7H2,(H,14,15,16). The molecule has 3 heterocycles. The predicted octanol–water partition coefficient (Wildman–Crippen LogP) is 0.137. The molecule has 0 radical (unpaired) electrons. The third-order valence-electron chi connectivity index (χ3n) is 3.55. The van der Waals surface area contributed by atoms with E-state index in [0.717, 1.165) is 36.3 Å². The molecule has 1 saturated heterocycles. The summed E-state index contributed by atoms with van der Waals surface area (Å²) in [6.45, 7) is 2.35. The zero-order chi connectivity index (χ0) is 11.7. The maximum Gasteiger partial charge on any atom is 0.345 e. The van der Waals surface area contributed by atoms with Gasteiger partial charge >= 0.3 is 5.69 Å². The van der Waals surface area contributed by atoms with Crippen molar-refractivity contribution in [3.63, 3.8) is 0 Å². The number of nitrogens with zero attached hydrogens (tertiary/aromatic N) is 1. The molecule has 92 valence electrons. The average molecular weight is 235 g/mol. The number of aromatic nitrogens is 2. The molecule has 0 aliphatic carbocycles. The molecule has 0 aromatic carbocycles. The van der Waals surface area contributed by atoms with Crippen molar-refractivity contribution in [2.24, 2.45) is 0 Å². The zero-order valence-electron chi connectivity index (χ0n) is 9.79. The predicted molar refractivity (Wildman–Crippen MR) is 62.9 cm³/mol. The van der Waals surface area contributed by atoms with Crippen LogP contribution in [0.3, 0.4) is 0 Å². The second kappa shape index (κ2) is 4.58. The smallest absolute Gasteiger partial charge is 0.345 e. The van der Waals surface area contributed by atoms with Crippen molar-refractivity contribution in [2.75, 3.05) is 13.2 Å². The fourth-order valence-electron chi connectivity index (χ4n) is 2.66. The van der Waals surface area contributed by atoms with Crippen LogP contribution >= 0.6 is 0 Å². The number of aromatic amines is 1. The van der Waals surface area contributed by atoms with Gasteiger partial charge in [-0.25, -0.2) is 4.79 Å². The molecule has 0 amide bonds. The molecule has 1 fully saturated rings. The topological polar surface area (TPSA) is 67.0 Å². The van der Waals surface area contributed by atoms with Crippen LogP contribution < -0.4 is 11.0 Å². The van der Waals surface area contributed by atoms with Crippen LogP contribution in [0.4, 0.5) is 0 Å². The number of ether oxygens (including phenoxy) is 1. The van der Waals surface area contributed by atoms with Gasteiger partial charge in [0.15, 0.2) is 0 Å². The molecule has 2 aliphatic rings. The minimum absolute atomic E-state index is 0.223. The molecule has 0 spiro atoms. The number of fused-ring (bicyclic) bond motifs is 1. The summed E-state index contributed by atoms with van der Waals surface area (Å²) < 4.78 is 5.46. The normalized spacial score (nSPS) is 23.6. The molecule has 2 aliphatic heterocycles. The van der Waals surface area contributed by atoms with Gasteiger partial charge < -0.3 is 15.0 Å². The molecule has 0 bridgehead atoms. The van der Waals surface area contributed by atoms with E-state index in [9.17, 15) is 4.79 Å². The number of hydrogen-bond acceptors (Lipinski definition) is 4. The van der Waals surface area contributed by atoms with Gasteiger partial charge in [0.2, 0.25) is 0 Å². The fraction of sp³-hybridized carbons (Fsp3) is 0.667. The molecule has 5 heteroatoms. The second-order valence-corrected chi connectivity index (χ2v) is 4.75. The van der Waals surface area contributed by atoms with Crippen LogP contribution in [-0.2, 0) is 24.2 Å². The number of H-pyrrole nitrogens is 1. The first-order chi connectivity index (χ1) is 8.33. The maximum atomic E-state index is 11.5. The highest BCUT2D eigenvalue weighted by Crippen LogP contribution is 2.19. The van der Waals surface area contributed by atoms with Gasteiger partial charge in [-0.3, -0.25) is 0 Å². The van der Waals surface area contributed by atoms with E-state index in [2.05, 4.69) is 15.3 Å². The summed E-state index contributed by atoms with van der Waals surface area (Å²) >= 11 is 0. The summed E-state index contributed by atoms with van der Waals surface area (Å²) in [4.78, 5) is 18.5. The third kappa shape index (κ3) is 2.25. The molecule has 1 unspecified atom stereocenters. The first kappa shape index (κ1) is 10.9. The van der Waals surface area contributed by atoms with Gasteiger partial charge in [-0.05, 0) is 19.4 Å². The van der Waals surface area contributed by atoms with E-state index in [-0.39, 0.29) is 5.69 Å². The van der Waals surface area contributed by atoms with E-state index >= 15 is 0 Å². The van der Waals surface area contributed by atoms with Crippen molar-refractivity contribution < 1.29 is 4.74 Å². The van der Waals surface area contributed by atoms with Gasteiger partial charge in [0.1, 0.15) is 0 Å².